The van der Waals surface area contributed by atoms with E-state index in [0.29, 0.717) is 75.7 Å². The van der Waals surface area contributed by atoms with Crippen LogP contribution in [-0.4, -0.2) is 23.6 Å². The van der Waals surface area contributed by atoms with Crippen LogP contribution in [0.15, 0.2) is 120 Å². The summed E-state index contributed by atoms with van der Waals surface area (Å²) in [6.45, 7) is 6.21. The second-order valence-electron chi connectivity index (χ2n) is 14.1. The number of benzene rings is 4. The monoisotopic (exact) mass is 696 g/mol. The molecule has 0 spiro atoms. The van der Waals surface area contributed by atoms with Gasteiger partial charge in [0.25, 0.3) is 23.6 Å². The number of imide groups is 2. The molecule has 0 radical (unpaired) electrons. The summed E-state index contributed by atoms with van der Waals surface area (Å²) in [6.07, 6.45) is 4.67. The van der Waals surface area contributed by atoms with Crippen LogP contribution in [-0.2, 0) is 19.2 Å². The van der Waals surface area contributed by atoms with Crippen molar-refractivity contribution in [1.29, 1.82) is 0 Å². The average Bonchev–Trinajstić information content (AvgIpc) is 3.60. The van der Waals surface area contributed by atoms with Crippen LogP contribution in [0.4, 0.5) is 22.7 Å². The summed E-state index contributed by atoms with van der Waals surface area (Å²) in [6, 6.07) is 27.4. The molecule has 2 heterocycles. The highest BCUT2D eigenvalue weighted by Gasteiger charge is 2.53. The molecule has 4 amide bonds. The van der Waals surface area contributed by atoms with Gasteiger partial charge in [0.05, 0.1) is 11.4 Å². The Morgan fingerprint density at radius 3 is 1.67 bits per heavy atom. The van der Waals surface area contributed by atoms with Gasteiger partial charge < -0.3 is 20.9 Å². The van der Waals surface area contributed by atoms with Crippen molar-refractivity contribution >= 4 is 46.4 Å². The molecule has 4 N–H and O–H groups in total. The van der Waals surface area contributed by atoms with Crippen LogP contribution in [0, 0.1) is 23.2 Å². The molecule has 4 aromatic carbocycles. The molecule has 0 bridgehead atoms. The Balaban J connectivity index is 1.21. The zero-order valence-electron chi connectivity index (χ0n) is 29.2. The molecular formula is C42H40N4O6. The number of carbonyl (C=O) groups is 4. The van der Waals surface area contributed by atoms with Gasteiger partial charge in [0, 0.05) is 40.1 Å². The molecule has 1 aliphatic carbocycles. The lowest BCUT2D eigenvalue weighted by atomic mass is 9.57. The number of hydrogen-bond donors (Lipinski definition) is 2. The van der Waals surface area contributed by atoms with Gasteiger partial charge in [-0.05, 0) is 110 Å². The van der Waals surface area contributed by atoms with Gasteiger partial charge >= 0.3 is 0 Å². The van der Waals surface area contributed by atoms with Crippen LogP contribution >= 0.6 is 0 Å². The van der Waals surface area contributed by atoms with E-state index in [9.17, 15) is 19.2 Å². The molecule has 10 nitrogen and oxygen atoms in total. The topological polar surface area (TPSA) is 145 Å². The standard InChI is InChI=1S/C42H40N4O6/c1-25(2)26-20-21-42(3,33-24-39(48)46(41(33)50)35-9-5-7-11-37(35)52-30-18-14-28(44)15-19-30)32(22-26)31-23-38(47)45(40(31)49)34-8-4-6-10-36(34)51-29-16-12-27(43)13-17-29/h4-19,23-26,32H,20-22,43-44H2,1-3H3. The number of anilines is 4. The van der Waals surface area contributed by atoms with Crippen LogP contribution in [0.1, 0.15) is 40.0 Å². The van der Waals surface area contributed by atoms with Gasteiger partial charge in [0.2, 0.25) is 0 Å². The predicted octanol–water partition coefficient (Wildman–Crippen LogP) is 7.81. The molecule has 10 heteroatoms. The lowest BCUT2D eigenvalue weighted by Gasteiger charge is -2.46. The Labute approximate surface area is 302 Å². The maximum Gasteiger partial charge on any atom is 0.262 e. The van der Waals surface area contributed by atoms with Crippen molar-refractivity contribution in [3.63, 3.8) is 0 Å². The van der Waals surface area contributed by atoms with Gasteiger partial charge in [0.15, 0.2) is 11.5 Å². The van der Waals surface area contributed by atoms with E-state index >= 15 is 0 Å². The molecule has 1 fully saturated rings. The van der Waals surface area contributed by atoms with Crippen molar-refractivity contribution in [1.82, 2.24) is 0 Å². The van der Waals surface area contributed by atoms with E-state index < -0.39 is 35.0 Å². The van der Waals surface area contributed by atoms with Crippen LogP contribution in [0.2, 0.25) is 0 Å². The first kappa shape index (κ1) is 34.3. The lowest BCUT2D eigenvalue weighted by molar-refractivity contribution is -0.123. The zero-order valence-corrected chi connectivity index (χ0v) is 29.2. The molecule has 52 heavy (non-hydrogen) atoms. The van der Waals surface area contributed by atoms with E-state index in [1.54, 1.807) is 97.1 Å². The number of rotatable bonds is 9. The summed E-state index contributed by atoms with van der Waals surface area (Å²) in [7, 11) is 0. The number of ether oxygens (including phenoxy) is 2. The van der Waals surface area contributed by atoms with Gasteiger partial charge in [-0.3, -0.25) is 19.2 Å². The Morgan fingerprint density at radius 2 is 1.15 bits per heavy atom. The fourth-order valence-electron chi connectivity index (χ4n) is 7.59. The van der Waals surface area contributed by atoms with Gasteiger partial charge in [-0.15, -0.1) is 0 Å². The number of carbonyl (C=O) groups excluding carboxylic acids is 4. The molecule has 0 saturated heterocycles. The SMILES string of the molecule is CC(C)C1CCC(C)(C2=CC(=O)N(c3ccccc3Oc3ccc(N)cc3)C2=O)C(C2=CC(=O)N(c3ccccc3Oc3ccc(N)cc3)C2=O)C1. The van der Waals surface area contributed by atoms with Crippen LogP contribution in [0.25, 0.3) is 0 Å². The molecule has 3 unspecified atom stereocenters. The number of nitrogen functional groups attached to an aromatic ring is 2. The molecular weight excluding hydrogens is 656 g/mol. The highest BCUT2D eigenvalue weighted by molar-refractivity contribution is 6.33. The third-order valence-electron chi connectivity index (χ3n) is 10.6. The second-order valence-corrected chi connectivity index (χ2v) is 14.1. The average molecular weight is 697 g/mol. The lowest BCUT2D eigenvalue weighted by Crippen LogP contribution is -2.44. The van der Waals surface area contributed by atoms with Crippen molar-refractivity contribution in [2.45, 2.75) is 40.0 Å². The number of para-hydroxylation sites is 4. The Morgan fingerprint density at radius 1 is 0.673 bits per heavy atom. The third kappa shape index (κ3) is 6.21. The number of hydrogen-bond acceptors (Lipinski definition) is 8. The summed E-state index contributed by atoms with van der Waals surface area (Å²) in [5, 5.41) is 0. The number of amides is 4. The maximum atomic E-state index is 14.5. The normalized spacial score (nSPS) is 21.8. The highest BCUT2D eigenvalue weighted by atomic mass is 16.5. The quantitative estimate of drug-likeness (QED) is 0.133. The first-order chi connectivity index (χ1) is 24.9. The number of nitrogens with zero attached hydrogens (tertiary/aromatic N) is 2. The Hall–Kier alpha value is -6.16. The first-order valence-electron chi connectivity index (χ1n) is 17.4. The molecule has 3 atom stereocenters. The molecule has 7 rings (SSSR count). The van der Waals surface area contributed by atoms with Crippen molar-refractivity contribution in [2.24, 2.45) is 23.2 Å². The van der Waals surface area contributed by atoms with Crippen molar-refractivity contribution in [3.05, 3.63) is 120 Å². The molecule has 4 aromatic rings. The van der Waals surface area contributed by atoms with Gasteiger partial charge in [-0.2, -0.15) is 0 Å². The van der Waals surface area contributed by atoms with Crippen LogP contribution < -0.4 is 30.7 Å². The molecule has 0 aromatic heterocycles. The van der Waals surface area contributed by atoms with Gasteiger partial charge in [0.1, 0.15) is 11.5 Å². The summed E-state index contributed by atoms with van der Waals surface area (Å²) in [4.78, 5) is 58.8. The molecule has 3 aliphatic rings. The highest BCUT2D eigenvalue weighted by Crippen LogP contribution is 2.55. The van der Waals surface area contributed by atoms with Crippen LogP contribution in [0.3, 0.4) is 0 Å². The Bertz CT molecular complexity index is 2140. The van der Waals surface area contributed by atoms with Gasteiger partial charge in [-0.25, -0.2) is 9.80 Å². The van der Waals surface area contributed by atoms with Crippen molar-refractivity contribution in [3.8, 4) is 23.0 Å². The fraction of sp³-hybridized carbons (Fsp3) is 0.238. The molecule has 1 saturated carbocycles. The summed E-state index contributed by atoms with van der Waals surface area (Å²) in [5.41, 5.74) is 13.1. The van der Waals surface area contributed by atoms with E-state index in [-0.39, 0.29) is 5.92 Å². The minimum absolute atomic E-state index is 0.231. The number of nitrogens with two attached hydrogens (primary N) is 2. The van der Waals surface area contributed by atoms with E-state index in [0.717, 1.165) is 16.2 Å². The minimum Gasteiger partial charge on any atom is -0.455 e. The van der Waals surface area contributed by atoms with E-state index in [2.05, 4.69) is 13.8 Å². The maximum absolute atomic E-state index is 14.5. The predicted molar refractivity (Wildman–Crippen MR) is 200 cm³/mol. The van der Waals surface area contributed by atoms with E-state index in [1.165, 1.54) is 12.2 Å². The van der Waals surface area contributed by atoms with Crippen molar-refractivity contribution in [2.75, 3.05) is 21.3 Å². The second kappa shape index (κ2) is 13.5. The van der Waals surface area contributed by atoms with Crippen molar-refractivity contribution < 1.29 is 28.7 Å². The zero-order chi connectivity index (χ0) is 36.7. The van der Waals surface area contributed by atoms with E-state index in [4.69, 9.17) is 20.9 Å². The third-order valence-corrected chi connectivity index (χ3v) is 10.6. The van der Waals surface area contributed by atoms with E-state index in [1.807, 2.05) is 6.92 Å². The van der Waals surface area contributed by atoms with Crippen LogP contribution in [0.5, 0.6) is 23.0 Å². The fourth-order valence-corrected chi connectivity index (χ4v) is 7.59. The smallest absolute Gasteiger partial charge is 0.262 e. The largest absolute Gasteiger partial charge is 0.455 e. The molecule has 264 valence electrons. The van der Waals surface area contributed by atoms with Gasteiger partial charge in [-0.1, -0.05) is 45.0 Å². The summed E-state index contributed by atoms with van der Waals surface area (Å²) in [5.74, 6) is -0.315. The Kier molecular flexibility index (Phi) is 8.92. The molecule has 2 aliphatic heterocycles. The summed E-state index contributed by atoms with van der Waals surface area (Å²) < 4.78 is 12.2. The minimum atomic E-state index is -0.933. The summed E-state index contributed by atoms with van der Waals surface area (Å²) >= 11 is 0. The first-order valence-corrected chi connectivity index (χ1v) is 17.4.